The first-order valence-corrected chi connectivity index (χ1v) is 7.59. The Morgan fingerprint density at radius 3 is 2.50 bits per heavy atom. The minimum atomic E-state index is -0.676. The zero-order valence-electron chi connectivity index (χ0n) is 11.6. The first-order valence-electron chi connectivity index (χ1n) is 6.80. The second-order valence-corrected chi connectivity index (χ2v) is 5.71. The van der Waals surface area contributed by atoms with Gasteiger partial charge in [0.05, 0.1) is 6.10 Å². The summed E-state index contributed by atoms with van der Waals surface area (Å²) in [6.07, 6.45) is -0.325. The van der Waals surface area contributed by atoms with Crippen LogP contribution in [0.15, 0.2) is 54.6 Å². The smallest absolute Gasteiger partial charge is 0.199 e. The summed E-state index contributed by atoms with van der Waals surface area (Å²) in [5.74, 6) is 0.679. The third-order valence-corrected chi connectivity index (χ3v) is 3.91. The monoisotopic (exact) mass is 331 g/mol. The van der Waals surface area contributed by atoms with Gasteiger partial charge in [-0.05, 0) is 42.0 Å². The van der Waals surface area contributed by atoms with Crippen molar-refractivity contribution in [1.29, 1.82) is 0 Å². The van der Waals surface area contributed by atoms with Crippen molar-refractivity contribution in [1.82, 2.24) is 14.8 Å². The van der Waals surface area contributed by atoms with Gasteiger partial charge in [0.15, 0.2) is 4.77 Å². The molecule has 1 unspecified atom stereocenters. The van der Waals surface area contributed by atoms with E-state index < -0.39 is 6.10 Å². The summed E-state index contributed by atoms with van der Waals surface area (Å²) in [6, 6.07) is 16.8. The van der Waals surface area contributed by atoms with Gasteiger partial charge in [-0.1, -0.05) is 41.9 Å². The lowest BCUT2D eigenvalue weighted by Gasteiger charge is -2.12. The number of benzene rings is 2. The lowest BCUT2D eigenvalue weighted by molar-refractivity contribution is 0.175. The fraction of sp³-hybridized carbons (Fsp3) is 0.125. The molecule has 0 saturated carbocycles. The maximum Gasteiger partial charge on any atom is 0.199 e. The van der Waals surface area contributed by atoms with E-state index in [1.807, 2.05) is 34.9 Å². The van der Waals surface area contributed by atoms with Crippen molar-refractivity contribution in [3.8, 4) is 5.69 Å². The lowest BCUT2D eigenvalue weighted by Crippen LogP contribution is -2.08. The molecule has 112 valence electrons. The molecule has 3 aromatic rings. The minimum absolute atomic E-state index is 0.351. The highest BCUT2D eigenvalue weighted by Crippen LogP contribution is 2.21. The Morgan fingerprint density at radius 1 is 1.14 bits per heavy atom. The van der Waals surface area contributed by atoms with Crippen molar-refractivity contribution in [3.63, 3.8) is 0 Å². The molecular weight excluding hydrogens is 318 g/mol. The summed E-state index contributed by atoms with van der Waals surface area (Å²) in [5.41, 5.74) is 1.71. The summed E-state index contributed by atoms with van der Waals surface area (Å²) in [6.45, 7) is 0. The molecule has 0 spiro atoms. The van der Waals surface area contributed by atoms with Crippen LogP contribution in [0.2, 0.25) is 5.02 Å². The summed E-state index contributed by atoms with van der Waals surface area (Å²) in [7, 11) is 0. The number of aromatic amines is 1. The number of aliphatic hydroxyl groups is 1. The highest BCUT2D eigenvalue weighted by atomic mass is 35.5. The fourth-order valence-electron chi connectivity index (χ4n) is 2.29. The molecule has 0 saturated heterocycles. The fourth-order valence-corrected chi connectivity index (χ4v) is 2.67. The second kappa shape index (κ2) is 6.44. The van der Waals surface area contributed by atoms with Gasteiger partial charge in [-0.3, -0.25) is 9.67 Å². The van der Waals surface area contributed by atoms with Gasteiger partial charge in [-0.25, -0.2) is 0 Å². The Balaban J connectivity index is 1.90. The normalized spacial score (nSPS) is 12.3. The maximum absolute atomic E-state index is 10.4. The van der Waals surface area contributed by atoms with Crippen molar-refractivity contribution in [2.24, 2.45) is 0 Å². The van der Waals surface area contributed by atoms with E-state index in [9.17, 15) is 5.11 Å². The highest BCUT2D eigenvalue weighted by molar-refractivity contribution is 7.71. The van der Waals surface area contributed by atoms with E-state index in [2.05, 4.69) is 10.2 Å². The zero-order chi connectivity index (χ0) is 15.5. The number of halogens is 1. The van der Waals surface area contributed by atoms with E-state index in [4.69, 9.17) is 23.8 Å². The molecule has 2 aromatic carbocycles. The molecule has 0 fully saturated rings. The van der Waals surface area contributed by atoms with Crippen LogP contribution in [0.1, 0.15) is 17.5 Å². The van der Waals surface area contributed by atoms with E-state index >= 15 is 0 Å². The molecule has 1 atom stereocenters. The molecule has 6 heteroatoms. The van der Waals surface area contributed by atoms with Gasteiger partial charge in [0.1, 0.15) is 5.82 Å². The van der Waals surface area contributed by atoms with Crippen LogP contribution in [0, 0.1) is 4.77 Å². The molecule has 1 aromatic heterocycles. The van der Waals surface area contributed by atoms with Crippen LogP contribution < -0.4 is 0 Å². The SMILES string of the molecule is OC(Cc1n[nH]c(=S)n1-c1ccccc1)c1ccc(Cl)cc1. The number of hydrogen-bond donors (Lipinski definition) is 2. The lowest BCUT2D eigenvalue weighted by atomic mass is 10.1. The maximum atomic E-state index is 10.4. The van der Waals surface area contributed by atoms with Gasteiger partial charge in [0.2, 0.25) is 0 Å². The van der Waals surface area contributed by atoms with E-state index in [-0.39, 0.29) is 0 Å². The van der Waals surface area contributed by atoms with Crippen LogP contribution in [0.5, 0.6) is 0 Å². The number of rotatable bonds is 4. The van der Waals surface area contributed by atoms with Gasteiger partial charge < -0.3 is 5.11 Å². The molecule has 2 N–H and O–H groups in total. The molecular formula is C16H14ClN3OS. The number of para-hydroxylation sites is 1. The van der Waals surface area contributed by atoms with Crippen molar-refractivity contribution in [2.45, 2.75) is 12.5 Å². The van der Waals surface area contributed by atoms with Crippen molar-refractivity contribution >= 4 is 23.8 Å². The standard InChI is InChI=1S/C16H14ClN3OS/c17-12-8-6-11(7-9-12)14(21)10-15-18-19-16(22)20(15)13-4-2-1-3-5-13/h1-9,14,21H,10H2,(H,19,22). The average molecular weight is 332 g/mol. The molecule has 3 rings (SSSR count). The van der Waals surface area contributed by atoms with Crippen LogP contribution >= 0.6 is 23.8 Å². The van der Waals surface area contributed by atoms with Crippen LogP contribution in [0.25, 0.3) is 5.69 Å². The molecule has 4 nitrogen and oxygen atoms in total. The van der Waals surface area contributed by atoms with E-state index in [0.717, 1.165) is 11.3 Å². The summed E-state index contributed by atoms with van der Waals surface area (Å²) < 4.78 is 2.33. The number of hydrogen-bond acceptors (Lipinski definition) is 3. The van der Waals surface area contributed by atoms with E-state index in [1.54, 1.807) is 24.3 Å². The Kier molecular flexibility index (Phi) is 4.38. The van der Waals surface area contributed by atoms with Gasteiger partial charge in [-0.2, -0.15) is 5.10 Å². The summed E-state index contributed by atoms with van der Waals surface area (Å²) in [5, 5.41) is 18.1. The molecule has 0 amide bonds. The van der Waals surface area contributed by atoms with Crippen molar-refractivity contribution in [3.05, 3.63) is 75.8 Å². The van der Waals surface area contributed by atoms with Gasteiger partial charge in [0.25, 0.3) is 0 Å². The molecule has 22 heavy (non-hydrogen) atoms. The summed E-state index contributed by atoms with van der Waals surface area (Å²) in [4.78, 5) is 0. The van der Waals surface area contributed by atoms with Crippen molar-refractivity contribution in [2.75, 3.05) is 0 Å². The average Bonchev–Trinajstić information content (AvgIpc) is 2.89. The quantitative estimate of drug-likeness (QED) is 0.714. The van der Waals surface area contributed by atoms with Crippen LogP contribution in [0.4, 0.5) is 0 Å². The predicted octanol–water partition coefficient (Wildman–Crippen LogP) is 3.86. The predicted molar refractivity (Wildman–Crippen MR) is 88.9 cm³/mol. The van der Waals surface area contributed by atoms with Crippen LogP contribution in [-0.4, -0.2) is 19.9 Å². The molecule has 0 aliphatic heterocycles. The number of nitrogens with zero attached hydrogens (tertiary/aromatic N) is 2. The van der Waals surface area contributed by atoms with Crippen molar-refractivity contribution < 1.29 is 5.11 Å². The highest BCUT2D eigenvalue weighted by Gasteiger charge is 2.15. The Bertz CT molecular complexity index is 811. The Labute approximate surface area is 138 Å². The number of aliphatic hydroxyl groups excluding tert-OH is 1. The number of H-pyrrole nitrogens is 1. The molecule has 1 heterocycles. The third-order valence-electron chi connectivity index (χ3n) is 3.39. The Hall–Kier alpha value is -1.95. The first-order chi connectivity index (χ1) is 10.6. The van der Waals surface area contributed by atoms with Gasteiger partial charge >= 0.3 is 0 Å². The third kappa shape index (κ3) is 3.11. The van der Waals surface area contributed by atoms with E-state index in [0.29, 0.717) is 22.0 Å². The summed E-state index contributed by atoms with van der Waals surface area (Å²) >= 11 is 11.2. The topological polar surface area (TPSA) is 53.8 Å². The Morgan fingerprint density at radius 2 is 1.82 bits per heavy atom. The van der Waals surface area contributed by atoms with Crippen LogP contribution in [-0.2, 0) is 6.42 Å². The first kappa shape index (κ1) is 15.0. The molecule has 0 bridgehead atoms. The largest absolute Gasteiger partial charge is 0.388 e. The number of nitrogens with one attached hydrogen (secondary N) is 1. The molecule has 0 aliphatic carbocycles. The van der Waals surface area contributed by atoms with Gasteiger partial charge in [0, 0.05) is 17.1 Å². The second-order valence-electron chi connectivity index (χ2n) is 4.89. The zero-order valence-corrected chi connectivity index (χ0v) is 13.2. The minimum Gasteiger partial charge on any atom is -0.388 e. The van der Waals surface area contributed by atoms with E-state index in [1.165, 1.54) is 0 Å². The van der Waals surface area contributed by atoms with Gasteiger partial charge in [-0.15, -0.1) is 0 Å². The van der Waals surface area contributed by atoms with Crippen LogP contribution in [0.3, 0.4) is 0 Å². The number of aromatic nitrogens is 3. The molecule has 0 radical (unpaired) electrons. The molecule has 0 aliphatic rings.